The molecular formula is C14H16Cl2. The van der Waals surface area contributed by atoms with Gasteiger partial charge < -0.3 is 0 Å². The summed E-state index contributed by atoms with van der Waals surface area (Å²) in [5, 5.41) is 0. The fourth-order valence-electron chi connectivity index (χ4n) is 2.29. The molecule has 0 N–H and O–H groups in total. The van der Waals surface area contributed by atoms with E-state index < -0.39 is 9.75 Å². The van der Waals surface area contributed by atoms with Gasteiger partial charge in [-0.1, -0.05) is 54.5 Å². The Hall–Kier alpha value is -0.460. The van der Waals surface area contributed by atoms with E-state index in [4.69, 9.17) is 23.2 Å². The van der Waals surface area contributed by atoms with Gasteiger partial charge in [0.05, 0.1) is 9.75 Å². The Kier molecular flexibility index (Phi) is 2.84. The Labute approximate surface area is 107 Å². The molecule has 0 aliphatic heterocycles. The highest BCUT2D eigenvalue weighted by molar-refractivity contribution is 6.31. The quantitative estimate of drug-likeness (QED) is 0.632. The van der Waals surface area contributed by atoms with Gasteiger partial charge in [-0.3, -0.25) is 0 Å². The van der Waals surface area contributed by atoms with Gasteiger partial charge in [-0.2, -0.15) is 0 Å². The summed E-state index contributed by atoms with van der Waals surface area (Å²) in [6.45, 7) is 6.21. The lowest BCUT2D eigenvalue weighted by molar-refractivity contribution is 0.483. The fourth-order valence-corrected chi connectivity index (χ4v) is 3.17. The number of alkyl halides is 2. The van der Waals surface area contributed by atoms with E-state index in [0.29, 0.717) is 0 Å². The van der Waals surface area contributed by atoms with Crippen LogP contribution in [0.5, 0.6) is 0 Å². The van der Waals surface area contributed by atoms with Crippen LogP contribution in [0.25, 0.3) is 0 Å². The van der Waals surface area contributed by atoms with Crippen molar-refractivity contribution in [2.75, 3.05) is 0 Å². The minimum Gasteiger partial charge on any atom is -0.110 e. The van der Waals surface area contributed by atoms with Crippen LogP contribution < -0.4 is 0 Å². The van der Waals surface area contributed by atoms with Gasteiger partial charge in [0.25, 0.3) is 0 Å². The molecule has 0 aromatic rings. The van der Waals surface area contributed by atoms with Crippen molar-refractivity contribution in [2.24, 2.45) is 5.92 Å². The Morgan fingerprint density at radius 3 is 1.56 bits per heavy atom. The van der Waals surface area contributed by atoms with E-state index in [0.717, 1.165) is 0 Å². The molecule has 0 fully saturated rings. The number of hydrogen-bond donors (Lipinski definition) is 0. The smallest absolute Gasteiger partial charge is 0.0863 e. The van der Waals surface area contributed by atoms with Crippen molar-refractivity contribution in [3.63, 3.8) is 0 Å². The summed E-state index contributed by atoms with van der Waals surface area (Å²) in [6.07, 6.45) is 12.3. The van der Waals surface area contributed by atoms with Crippen molar-refractivity contribution >= 4 is 23.2 Å². The number of halogens is 2. The topological polar surface area (TPSA) is 0 Å². The molecule has 0 spiro atoms. The summed E-state index contributed by atoms with van der Waals surface area (Å²) < 4.78 is 0. The summed E-state index contributed by atoms with van der Waals surface area (Å²) in [5.41, 5.74) is 2.40. The predicted molar refractivity (Wildman–Crippen MR) is 72.1 cm³/mol. The van der Waals surface area contributed by atoms with Crippen molar-refractivity contribution in [1.82, 2.24) is 0 Å². The molecule has 16 heavy (non-hydrogen) atoms. The lowest BCUT2D eigenvalue weighted by Gasteiger charge is -2.34. The average Bonchev–Trinajstić information content (AvgIpc) is 2.72. The summed E-state index contributed by atoms with van der Waals surface area (Å²) in [5.74, 6) is 0.116. The highest BCUT2D eigenvalue weighted by atomic mass is 35.5. The number of hydrogen-bond acceptors (Lipinski definition) is 0. The van der Waals surface area contributed by atoms with Crippen molar-refractivity contribution in [3.8, 4) is 0 Å². The van der Waals surface area contributed by atoms with Crippen LogP contribution in [-0.2, 0) is 0 Å². The van der Waals surface area contributed by atoms with Gasteiger partial charge in [0.2, 0.25) is 0 Å². The van der Waals surface area contributed by atoms with Crippen LogP contribution in [0.2, 0.25) is 0 Å². The van der Waals surface area contributed by atoms with Crippen LogP contribution in [0.3, 0.4) is 0 Å². The molecule has 0 saturated heterocycles. The zero-order chi connectivity index (χ0) is 12.0. The molecule has 0 aromatic heterocycles. The summed E-state index contributed by atoms with van der Waals surface area (Å²) in [6, 6.07) is 0. The molecule has 0 aromatic carbocycles. The highest BCUT2D eigenvalue weighted by Crippen LogP contribution is 2.46. The van der Waals surface area contributed by atoms with Gasteiger partial charge in [-0.05, 0) is 13.8 Å². The van der Waals surface area contributed by atoms with Crippen molar-refractivity contribution in [2.45, 2.75) is 30.5 Å². The molecule has 2 atom stereocenters. The van der Waals surface area contributed by atoms with E-state index in [2.05, 4.69) is 45.1 Å². The second-order valence-corrected chi connectivity index (χ2v) is 6.13. The average molecular weight is 255 g/mol. The molecule has 2 rings (SSSR count). The van der Waals surface area contributed by atoms with E-state index in [1.807, 2.05) is 12.2 Å². The van der Waals surface area contributed by atoms with Crippen LogP contribution in [0.1, 0.15) is 20.8 Å². The predicted octanol–water partition coefficient (Wildman–Crippen LogP) is 4.61. The van der Waals surface area contributed by atoms with Crippen LogP contribution in [-0.4, -0.2) is 9.75 Å². The zero-order valence-electron chi connectivity index (χ0n) is 9.80. The van der Waals surface area contributed by atoms with Crippen molar-refractivity contribution < 1.29 is 0 Å². The highest BCUT2D eigenvalue weighted by Gasteiger charge is 2.44. The van der Waals surface area contributed by atoms with Gasteiger partial charge in [-0.15, -0.1) is 23.2 Å². The van der Waals surface area contributed by atoms with Crippen molar-refractivity contribution in [1.29, 1.82) is 0 Å². The molecular weight excluding hydrogens is 239 g/mol. The third-order valence-corrected chi connectivity index (χ3v) is 4.55. The van der Waals surface area contributed by atoms with Crippen molar-refractivity contribution in [3.05, 3.63) is 47.6 Å². The first-order chi connectivity index (χ1) is 7.36. The first-order valence-electron chi connectivity index (χ1n) is 5.51. The molecule has 2 aliphatic rings. The lowest BCUT2D eigenvalue weighted by atomic mass is 9.82. The zero-order valence-corrected chi connectivity index (χ0v) is 11.3. The molecule has 0 heterocycles. The standard InChI is InChI=1S/C14H16Cl2/c1-10-4-6-13(15,8-10)12(3)14(16)7-5-11(2)9-14/h4-9,12H,1-3H3. The van der Waals surface area contributed by atoms with Gasteiger partial charge in [0, 0.05) is 5.92 Å². The normalized spacial score (nSPS) is 38.8. The molecule has 86 valence electrons. The molecule has 2 heteroatoms. The second kappa shape index (κ2) is 3.78. The minimum atomic E-state index is -0.461. The fraction of sp³-hybridized carbons (Fsp3) is 0.429. The number of allylic oxidation sites excluding steroid dienone is 8. The molecule has 0 amide bonds. The molecule has 0 saturated carbocycles. The maximum absolute atomic E-state index is 6.62. The second-order valence-electron chi connectivity index (χ2n) is 4.82. The van der Waals surface area contributed by atoms with Gasteiger partial charge in [-0.25, -0.2) is 0 Å². The van der Waals surface area contributed by atoms with E-state index in [1.165, 1.54) is 11.1 Å². The lowest BCUT2D eigenvalue weighted by Crippen LogP contribution is -2.38. The Balaban J connectivity index is 2.31. The summed E-state index contributed by atoms with van der Waals surface area (Å²) in [4.78, 5) is -0.922. The largest absolute Gasteiger partial charge is 0.110 e. The Bertz CT molecular complexity index is 388. The van der Waals surface area contributed by atoms with Gasteiger partial charge in [0.15, 0.2) is 0 Å². The first kappa shape index (κ1) is 12.0. The van der Waals surface area contributed by atoms with Crippen LogP contribution in [0.15, 0.2) is 47.6 Å². The summed E-state index contributed by atoms with van der Waals surface area (Å²) >= 11 is 13.2. The molecule has 0 radical (unpaired) electrons. The van der Waals surface area contributed by atoms with Crippen LogP contribution in [0, 0.1) is 5.92 Å². The van der Waals surface area contributed by atoms with E-state index >= 15 is 0 Å². The third kappa shape index (κ3) is 1.89. The minimum absolute atomic E-state index is 0.116. The SMILES string of the molecule is CC1=CC(Cl)(C(C)C2(Cl)C=CC(C)=C2)C=C1. The third-order valence-electron chi connectivity index (χ3n) is 3.43. The molecule has 0 bridgehead atoms. The summed E-state index contributed by atoms with van der Waals surface area (Å²) in [7, 11) is 0. The molecule has 0 nitrogen and oxygen atoms in total. The molecule has 2 aliphatic carbocycles. The monoisotopic (exact) mass is 254 g/mol. The first-order valence-corrected chi connectivity index (χ1v) is 6.26. The Morgan fingerprint density at radius 2 is 1.31 bits per heavy atom. The Morgan fingerprint density at radius 1 is 0.938 bits per heavy atom. The van der Waals surface area contributed by atoms with Crippen LogP contribution >= 0.6 is 23.2 Å². The van der Waals surface area contributed by atoms with Gasteiger partial charge in [0.1, 0.15) is 0 Å². The van der Waals surface area contributed by atoms with E-state index in [1.54, 1.807) is 0 Å². The van der Waals surface area contributed by atoms with Crippen LogP contribution in [0.4, 0.5) is 0 Å². The van der Waals surface area contributed by atoms with E-state index in [-0.39, 0.29) is 5.92 Å². The number of rotatable bonds is 2. The maximum Gasteiger partial charge on any atom is 0.0863 e. The van der Waals surface area contributed by atoms with Gasteiger partial charge >= 0.3 is 0 Å². The molecule has 2 unspecified atom stereocenters. The van der Waals surface area contributed by atoms with E-state index in [9.17, 15) is 0 Å². The maximum atomic E-state index is 6.62.